The first-order valence-corrected chi connectivity index (χ1v) is 6.67. The lowest BCUT2D eigenvalue weighted by Gasteiger charge is -2.11. The molecule has 94 valence electrons. The van der Waals surface area contributed by atoms with Crippen LogP contribution in [-0.2, 0) is 0 Å². The average molecular weight is 261 g/mol. The van der Waals surface area contributed by atoms with E-state index in [0.717, 1.165) is 5.56 Å². The van der Waals surface area contributed by atoms with E-state index in [0.29, 0.717) is 22.9 Å². The minimum atomic E-state index is -0.102. The van der Waals surface area contributed by atoms with Gasteiger partial charge in [-0.25, -0.2) is 0 Å². The van der Waals surface area contributed by atoms with Gasteiger partial charge in [-0.2, -0.15) is 0 Å². The Kier molecular flexibility index (Phi) is 3.99. The first kappa shape index (κ1) is 12.6. The Bertz CT molecular complexity index is 535. The molecule has 0 saturated heterocycles. The van der Waals surface area contributed by atoms with Crippen molar-refractivity contribution in [1.29, 1.82) is 0 Å². The van der Waals surface area contributed by atoms with Gasteiger partial charge in [0.1, 0.15) is 5.75 Å². The van der Waals surface area contributed by atoms with Gasteiger partial charge in [-0.05, 0) is 43.0 Å². The summed E-state index contributed by atoms with van der Waals surface area (Å²) >= 11 is 1.42. The largest absolute Gasteiger partial charge is 0.492 e. The molecule has 0 fully saturated rings. The Morgan fingerprint density at radius 1 is 1.39 bits per heavy atom. The number of thiophene rings is 1. The molecule has 18 heavy (non-hydrogen) atoms. The summed E-state index contributed by atoms with van der Waals surface area (Å²) in [5.74, 6) is 0.609. The normalized spacial score (nSPS) is 10.1. The highest BCUT2D eigenvalue weighted by Gasteiger charge is 2.10. The molecule has 1 amide bonds. The summed E-state index contributed by atoms with van der Waals surface area (Å²) in [4.78, 5) is 12.7. The van der Waals surface area contributed by atoms with Crippen LogP contribution in [0.25, 0.3) is 0 Å². The summed E-state index contributed by atoms with van der Waals surface area (Å²) in [6, 6.07) is 9.40. The standard InChI is InChI=1S/C14H15NO2S/c1-3-17-12-9-10(2)6-7-11(12)15-14(16)13-5-4-8-18-13/h4-9H,3H2,1-2H3,(H,15,16). The van der Waals surface area contributed by atoms with E-state index in [4.69, 9.17) is 4.74 Å². The van der Waals surface area contributed by atoms with E-state index >= 15 is 0 Å². The van der Waals surface area contributed by atoms with Crippen molar-refractivity contribution < 1.29 is 9.53 Å². The van der Waals surface area contributed by atoms with Gasteiger partial charge in [0.25, 0.3) is 5.91 Å². The van der Waals surface area contributed by atoms with Crippen LogP contribution in [0.2, 0.25) is 0 Å². The molecule has 0 aliphatic heterocycles. The third-order valence-corrected chi connectivity index (χ3v) is 3.30. The Morgan fingerprint density at radius 3 is 2.89 bits per heavy atom. The topological polar surface area (TPSA) is 38.3 Å². The molecular formula is C14H15NO2S. The fraction of sp³-hybridized carbons (Fsp3) is 0.214. The van der Waals surface area contributed by atoms with E-state index < -0.39 is 0 Å². The van der Waals surface area contributed by atoms with Crippen LogP contribution in [0.1, 0.15) is 22.2 Å². The Hall–Kier alpha value is -1.81. The fourth-order valence-electron chi connectivity index (χ4n) is 1.60. The highest BCUT2D eigenvalue weighted by atomic mass is 32.1. The maximum absolute atomic E-state index is 12.0. The number of rotatable bonds is 4. The molecule has 1 N–H and O–H groups in total. The molecule has 4 heteroatoms. The van der Waals surface area contributed by atoms with E-state index in [2.05, 4.69) is 5.32 Å². The number of nitrogens with one attached hydrogen (secondary N) is 1. The van der Waals surface area contributed by atoms with E-state index in [9.17, 15) is 4.79 Å². The Labute approximate surface area is 110 Å². The molecule has 0 unspecified atom stereocenters. The van der Waals surface area contributed by atoms with Crippen molar-refractivity contribution in [2.75, 3.05) is 11.9 Å². The second kappa shape index (κ2) is 5.69. The summed E-state index contributed by atoms with van der Waals surface area (Å²) < 4.78 is 5.52. The molecular weight excluding hydrogens is 246 g/mol. The summed E-state index contributed by atoms with van der Waals surface area (Å²) in [7, 11) is 0. The zero-order chi connectivity index (χ0) is 13.0. The van der Waals surface area contributed by atoms with E-state index in [-0.39, 0.29) is 5.91 Å². The van der Waals surface area contributed by atoms with Crippen molar-refractivity contribution >= 4 is 22.9 Å². The first-order chi connectivity index (χ1) is 8.70. The Balaban J connectivity index is 2.20. The molecule has 3 nitrogen and oxygen atoms in total. The average Bonchev–Trinajstić information content (AvgIpc) is 2.86. The molecule has 2 aromatic rings. The maximum atomic E-state index is 12.0. The van der Waals surface area contributed by atoms with Crippen LogP contribution in [0, 0.1) is 6.92 Å². The van der Waals surface area contributed by atoms with Crippen molar-refractivity contribution in [3.05, 3.63) is 46.2 Å². The van der Waals surface area contributed by atoms with Crippen LogP contribution < -0.4 is 10.1 Å². The molecule has 1 heterocycles. The predicted octanol–water partition coefficient (Wildman–Crippen LogP) is 3.71. The molecule has 0 bridgehead atoms. The van der Waals surface area contributed by atoms with Crippen molar-refractivity contribution in [2.45, 2.75) is 13.8 Å². The molecule has 0 radical (unpaired) electrons. The van der Waals surface area contributed by atoms with Crippen LogP contribution in [0.3, 0.4) is 0 Å². The van der Waals surface area contributed by atoms with Gasteiger partial charge in [-0.1, -0.05) is 12.1 Å². The fourth-order valence-corrected chi connectivity index (χ4v) is 2.22. The molecule has 0 spiro atoms. The van der Waals surface area contributed by atoms with Crippen molar-refractivity contribution in [3.8, 4) is 5.75 Å². The number of benzene rings is 1. The third-order valence-electron chi connectivity index (χ3n) is 2.43. The van der Waals surface area contributed by atoms with Gasteiger partial charge in [0.05, 0.1) is 17.2 Å². The zero-order valence-corrected chi connectivity index (χ0v) is 11.2. The lowest BCUT2D eigenvalue weighted by atomic mass is 10.2. The lowest BCUT2D eigenvalue weighted by molar-refractivity contribution is 0.103. The van der Waals surface area contributed by atoms with Gasteiger partial charge < -0.3 is 10.1 Å². The number of carbonyl (C=O) groups excluding carboxylic acids is 1. The van der Waals surface area contributed by atoms with Crippen LogP contribution in [0.15, 0.2) is 35.7 Å². The van der Waals surface area contributed by atoms with Crippen LogP contribution in [0.4, 0.5) is 5.69 Å². The number of ether oxygens (including phenoxy) is 1. The minimum absolute atomic E-state index is 0.102. The number of hydrogen-bond donors (Lipinski definition) is 1. The number of anilines is 1. The third kappa shape index (κ3) is 2.90. The highest BCUT2D eigenvalue weighted by molar-refractivity contribution is 7.12. The van der Waals surface area contributed by atoms with Gasteiger partial charge in [0.2, 0.25) is 0 Å². The lowest BCUT2D eigenvalue weighted by Crippen LogP contribution is -2.11. The number of hydrogen-bond acceptors (Lipinski definition) is 3. The molecule has 1 aromatic carbocycles. The highest BCUT2D eigenvalue weighted by Crippen LogP contribution is 2.26. The van der Waals surface area contributed by atoms with Gasteiger partial charge in [-0.3, -0.25) is 4.79 Å². The SMILES string of the molecule is CCOc1cc(C)ccc1NC(=O)c1cccs1. The Morgan fingerprint density at radius 2 is 2.22 bits per heavy atom. The number of amides is 1. The minimum Gasteiger partial charge on any atom is -0.492 e. The van der Waals surface area contributed by atoms with Crippen molar-refractivity contribution in [3.63, 3.8) is 0 Å². The van der Waals surface area contributed by atoms with E-state index in [1.165, 1.54) is 11.3 Å². The zero-order valence-electron chi connectivity index (χ0n) is 10.4. The van der Waals surface area contributed by atoms with Crippen molar-refractivity contribution in [1.82, 2.24) is 0 Å². The summed E-state index contributed by atoms with van der Waals surface area (Å²) in [5, 5.41) is 4.75. The second-order valence-corrected chi connectivity index (χ2v) is 4.81. The second-order valence-electron chi connectivity index (χ2n) is 3.86. The van der Waals surface area contributed by atoms with Crippen LogP contribution in [-0.4, -0.2) is 12.5 Å². The van der Waals surface area contributed by atoms with Gasteiger partial charge >= 0.3 is 0 Å². The van der Waals surface area contributed by atoms with Crippen LogP contribution in [0.5, 0.6) is 5.75 Å². The van der Waals surface area contributed by atoms with E-state index in [1.54, 1.807) is 6.07 Å². The quantitative estimate of drug-likeness (QED) is 0.911. The molecule has 0 saturated carbocycles. The van der Waals surface area contributed by atoms with Gasteiger partial charge in [0, 0.05) is 0 Å². The van der Waals surface area contributed by atoms with E-state index in [1.807, 2.05) is 43.5 Å². The number of carbonyl (C=O) groups is 1. The van der Waals surface area contributed by atoms with Crippen LogP contribution >= 0.6 is 11.3 Å². The van der Waals surface area contributed by atoms with Gasteiger partial charge in [-0.15, -0.1) is 11.3 Å². The first-order valence-electron chi connectivity index (χ1n) is 5.79. The predicted molar refractivity (Wildman–Crippen MR) is 74.6 cm³/mol. The molecule has 1 aromatic heterocycles. The van der Waals surface area contributed by atoms with Crippen molar-refractivity contribution in [2.24, 2.45) is 0 Å². The molecule has 2 rings (SSSR count). The summed E-state index contributed by atoms with van der Waals surface area (Å²) in [5.41, 5.74) is 1.81. The number of aryl methyl sites for hydroxylation is 1. The molecule has 0 aliphatic rings. The summed E-state index contributed by atoms with van der Waals surface area (Å²) in [6.07, 6.45) is 0. The monoisotopic (exact) mass is 261 g/mol. The molecule has 0 aliphatic carbocycles. The smallest absolute Gasteiger partial charge is 0.265 e. The summed E-state index contributed by atoms with van der Waals surface area (Å²) in [6.45, 7) is 4.49. The van der Waals surface area contributed by atoms with Gasteiger partial charge in [0.15, 0.2) is 0 Å². The maximum Gasteiger partial charge on any atom is 0.265 e. The molecule has 0 atom stereocenters.